The third-order valence-electron chi connectivity index (χ3n) is 23.6. The number of imidazole rings is 2. The van der Waals surface area contributed by atoms with E-state index in [0.29, 0.717) is 67.4 Å². The van der Waals surface area contributed by atoms with Gasteiger partial charge in [-0.1, -0.05) is 86.2 Å². The van der Waals surface area contributed by atoms with E-state index in [1.165, 1.54) is 58.0 Å². The van der Waals surface area contributed by atoms with Crippen LogP contribution in [0.25, 0.3) is 56.0 Å². The van der Waals surface area contributed by atoms with Gasteiger partial charge in [0, 0.05) is 40.9 Å². The third-order valence-corrected chi connectivity index (χ3v) is 24.8. The predicted molar refractivity (Wildman–Crippen MR) is 498 cm³/mol. The summed E-state index contributed by atoms with van der Waals surface area (Å²) in [4.78, 5) is 105. The van der Waals surface area contributed by atoms with Crippen molar-refractivity contribution in [1.82, 2.24) is 78.3 Å². The number of nitrogens with one attached hydrogen (secondary N) is 2. The van der Waals surface area contributed by atoms with E-state index in [9.17, 15) is 83.9 Å². The molecule has 3 amide bonds. The maximum Gasteiger partial charge on any atom is 0.351 e. The Balaban J connectivity index is 0.000000146. The summed E-state index contributed by atoms with van der Waals surface area (Å²) in [7, 11) is 3.05. The minimum Gasteiger partial charge on any atom is -0.493 e. The van der Waals surface area contributed by atoms with Crippen molar-refractivity contribution in [2.75, 3.05) is 25.7 Å². The van der Waals surface area contributed by atoms with Gasteiger partial charge in [0.2, 0.25) is 23.1 Å². The standard InChI is InChI=1S/C34H28ClFN2O5.C29H31N3O6.C7H8FN3O3S.C7H11N5O4.2C7H10N4O5/c35-24-10-6-20(7-11-24)27-13-8-21(33(39)40)16-23(27)19-43-26-12-14-28(29(36)18-26)32-37-30-17-22(34(41)42)9-15-31(30)38(32)25-4-2-1-3-5-25;1-36-25-11-8-18(15-26(25)37-2)14-23(29(34)35)31-28(33)19-9-10-24-22(16-19)30-27(20-12-13-38-17-20)32(24)21-6-4-3-5-7-21;8-3-1-11(6(12)10-5(3)9)4-2-15-7(13)14-4;8-4(9)5-10-1-12(11-5)6-2(13)3(14)7(15)16-6;2*8-4(14)5-9-1-11(10-5)6-2(12)3(13)7(15)16-6/h6-18,25H,1-5,19H2,(H,39,40)(H,41,42);8-13,15-17,21,23H,3-7,14H2,1-2H3,(H,31,33)(H,34,35);1,4,7,13H,2H2,(H2,9,10,12);1-3,6-7,13-15H,(H3,8,9);2*1-3,6-7,12-13,15H,(H2,8,14)/t;;;3*2-,3+,6-,7+/m...110/s1. The van der Waals surface area contributed by atoms with E-state index in [1.807, 2.05) is 24.3 Å². The highest BCUT2D eigenvalue weighted by atomic mass is 35.5. The molecule has 2 saturated carbocycles. The zero-order chi connectivity index (χ0) is 103. The number of aliphatic hydroxyl groups excluding tert-OH is 10. The summed E-state index contributed by atoms with van der Waals surface area (Å²) < 4.78 is 78.5. The molecule has 11 heterocycles. The zero-order valence-corrected chi connectivity index (χ0v) is 77.6. The van der Waals surface area contributed by atoms with Gasteiger partial charge in [-0.25, -0.2) is 66.9 Å². The number of furan rings is 1. The van der Waals surface area contributed by atoms with Crippen LogP contribution in [0.15, 0.2) is 168 Å². The van der Waals surface area contributed by atoms with Crippen LogP contribution >= 0.6 is 23.4 Å². The van der Waals surface area contributed by atoms with E-state index in [4.69, 9.17) is 108 Å². The van der Waals surface area contributed by atoms with Gasteiger partial charge in [0.15, 0.2) is 72.8 Å². The van der Waals surface area contributed by atoms with Crippen molar-refractivity contribution in [2.45, 2.75) is 181 Å². The number of nitrogens with two attached hydrogens (primary N) is 4. The van der Waals surface area contributed by atoms with E-state index in [-0.39, 0.29) is 59.3 Å². The number of primary amides is 2. The molecule has 23 N–H and O–H groups in total. The Morgan fingerprint density at radius 1 is 0.556 bits per heavy atom. The number of benzene rings is 6. The van der Waals surface area contributed by atoms with E-state index >= 15 is 4.39 Å². The molecule has 0 bridgehead atoms. The van der Waals surface area contributed by atoms with Crippen molar-refractivity contribution >= 4 is 92.7 Å². The smallest absolute Gasteiger partial charge is 0.351 e. The number of methoxy groups -OCH3 is 2. The summed E-state index contributed by atoms with van der Waals surface area (Å²) in [5, 5.41) is 143. The molecule has 7 aromatic heterocycles. The number of aromatic nitrogens is 15. The second kappa shape index (κ2) is 46.5. The lowest BCUT2D eigenvalue weighted by Gasteiger charge is -2.25. The molecular formula is C91H98ClF2N21O28S. The molecule has 15 atom stereocenters. The molecule has 762 valence electrons. The maximum absolute atomic E-state index is 15.8. The van der Waals surface area contributed by atoms with Crippen molar-refractivity contribution in [3.63, 3.8) is 0 Å². The van der Waals surface area contributed by atoms with Gasteiger partial charge >= 0.3 is 23.6 Å². The Morgan fingerprint density at radius 2 is 1.06 bits per heavy atom. The fourth-order valence-electron chi connectivity index (χ4n) is 16.4. The summed E-state index contributed by atoms with van der Waals surface area (Å²) >= 11 is 7.16. The first kappa shape index (κ1) is 105. The Labute approximate surface area is 820 Å². The fourth-order valence-corrected chi connectivity index (χ4v) is 17.3. The molecule has 4 aliphatic heterocycles. The van der Waals surface area contributed by atoms with Gasteiger partial charge in [-0.3, -0.25) is 24.4 Å². The number of halogens is 3. The number of aromatic carboxylic acids is 2. The van der Waals surface area contributed by atoms with E-state index < -0.39 is 151 Å². The molecule has 0 spiro atoms. The highest BCUT2D eigenvalue weighted by molar-refractivity contribution is 7.99. The number of amidine groups is 1. The molecule has 19 rings (SSSR count). The lowest BCUT2D eigenvalue weighted by molar-refractivity contribution is -0.144. The summed E-state index contributed by atoms with van der Waals surface area (Å²) in [5.41, 5.74) is 26.1. The topological polar surface area (TPSA) is 746 Å². The van der Waals surface area contributed by atoms with Crippen LogP contribution in [0.5, 0.6) is 17.2 Å². The van der Waals surface area contributed by atoms with Crippen molar-refractivity contribution < 1.29 is 142 Å². The number of thioether (sulfide) groups is 1. The number of carboxylic acid groups (broad SMARTS) is 3. The Kier molecular flexibility index (Phi) is 34.0. The normalized spacial score (nSPS) is 22.1. The van der Waals surface area contributed by atoms with Crippen LogP contribution < -0.4 is 48.2 Å². The molecule has 3 unspecified atom stereocenters. The fraction of sp³-hybridized carbons (Fsp3) is 0.352. The molecule has 2 aliphatic carbocycles. The molecule has 0 radical (unpaired) electrons. The van der Waals surface area contributed by atoms with E-state index in [2.05, 4.69) is 49.7 Å². The lowest BCUT2D eigenvalue weighted by Crippen LogP contribution is -2.42. The molecule has 6 aromatic carbocycles. The van der Waals surface area contributed by atoms with Gasteiger partial charge in [0.25, 0.3) is 17.7 Å². The number of carboxylic acids is 3. The van der Waals surface area contributed by atoms with Crippen LogP contribution in [0.1, 0.15) is 170 Å². The molecule has 49 nitrogen and oxygen atoms in total. The van der Waals surface area contributed by atoms with Gasteiger partial charge in [-0.05, 0) is 139 Å². The number of aliphatic hydroxyl groups is 10. The minimum absolute atomic E-state index is 0.0103. The first-order valence-electron chi connectivity index (χ1n) is 44.2. The summed E-state index contributed by atoms with van der Waals surface area (Å²) in [5.74, 6) is -5.02. The van der Waals surface area contributed by atoms with Crippen molar-refractivity contribution in [3.8, 4) is 51.2 Å². The number of carbonyl (C=O) groups excluding carboxylic acids is 3. The number of amides is 3. The maximum atomic E-state index is 15.8. The van der Waals surface area contributed by atoms with Gasteiger partial charge in [0.05, 0.1) is 71.0 Å². The Morgan fingerprint density at radius 3 is 1.52 bits per heavy atom. The average molecular weight is 2040 g/mol. The molecular weight excluding hydrogens is 1940 g/mol. The molecule has 6 aliphatic rings. The number of hydrogen-bond acceptors (Lipinski definition) is 37. The van der Waals surface area contributed by atoms with E-state index in [0.717, 1.165) is 128 Å². The number of nitrogens with zero attached hydrogens (tertiary/aromatic N) is 15. The highest BCUT2D eigenvalue weighted by Crippen LogP contribution is 2.42. The number of carbonyl (C=O) groups is 6. The number of aliphatic carboxylic acids is 1. The zero-order valence-electron chi connectivity index (χ0n) is 76.0. The molecule has 53 heteroatoms. The van der Waals surface area contributed by atoms with Crippen molar-refractivity contribution in [2.24, 2.45) is 17.2 Å². The molecule has 4 saturated heterocycles. The first-order valence-corrected chi connectivity index (χ1v) is 45.6. The summed E-state index contributed by atoms with van der Waals surface area (Å²) in [6, 6.07) is 33.2. The first-order chi connectivity index (χ1) is 68.8. The quantitative estimate of drug-likeness (QED) is 0.0294. The number of anilines is 1. The molecule has 6 fully saturated rings. The number of nitrogen functional groups attached to an aromatic ring is 2. The van der Waals surface area contributed by atoms with Crippen LogP contribution in [0.3, 0.4) is 0 Å². The minimum atomic E-state index is -1.51. The molecule has 13 aromatic rings. The van der Waals surface area contributed by atoms with Gasteiger partial charge in [0.1, 0.15) is 97.7 Å². The predicted octanol–water partition coefficient (Wildman–Crippen LogP) is 4.41. The largest absolute Gasteiger partial charge is 0.493 e. The number of rotatable bonds is 24. The van der Waals surface area contributed by atoms with Gasteiger partial charge in [-0.2, -0.15) is 4.98 Å². The number of ether oxygens (including phenoxy) is 7. The van der Waals surface area contributed by atoms with Crippen molar-refractivity contribution in [3.05, 3.63) is 231 Å². The highest BCUT2D eigenvalue weighted by Gasteiger charge is 2.47. The Hall–Kier alpha value is -14.7. The number of fused-ring (bicyclic) bond motifs is 2. The lowest BCUT2D eigenvalue weighted by atomic mass is 9.94. The van der Waals surface area contributed by atoms with E-state index in [1.54, 1.807) is 91.4 Å². The SMILES string of the molecule is COc1ccc(CC(NC(=O)c2ccc3c(c2)nc(-c2ccoc2)n3C2CCCCC2)C(=O)O)cc1OC.N=C(N)c1ncn([C@@H]2O[C@H](O)[C@@H](O)[C@H]2O)n1.NC(=O)c1ncn([C@@H]2O[C@H](O)[C@@H](O)[C@H]2O)n1.NC(=O)c1ncn([C@H]2O[C@@H](O)[C@H](O)[C@@H]2O)n1.Nc1nc(=O)n(C2CSC(O)O2)cc1F.O=C(O)c1ccc(-c2ccc(Cl)cc2)c(COc2ccc(-c3nc4cc(C(=O)O)ccc4n3C3CCCCC3)c(F)c2)c1. The van der Waals surface area contributed by atoms with Crippen LogP contribution in [-0.4, -0.2) is 268 Å². The van der Waals surface area contributed by atoms with Crippen LogP contribution in [-0.2, 0) is 36.8 Å². The molecule has 144 heavy (non-hydrogen) atoms. The average Bonchev–Trinajstić information content (AvgIpc) is 1.60. The summed E-state index contributed by atoms with van der Waals surface area (Å²) in [6.07, 6.45) is 1.81. The van der Waals surface area contributed by atoms with Crippen molar-refractivity contribution in [1.29, 1.82) is 5.41 Å². The van der Waals surface area contributed by atoms with Gasteiger partial charge < -0.3 is 141 Å². The number of hydrogen-bond donors (Lipinski definition) is 19. The second-order valence-corrected chi connectivity index (χ2v) is 34.7. The Bertz CT molecular complexity index is 6660. The monoisotopic (exact) mass is 2040 g/mol. The van der Waals surface area contributed by atoms with Gasteiger partial charge in [-0.15, -0.1) is 15.3 Å². The van der Waals surface area contributed by atoms with Crippen LogP contribution in [0, 0.1) is 17.0 Å². The van der Waals surface area contributed by atoms with Crippen LogP contribution in [0.2, 0.25) is 5.02 Å². The third kappa shape index (κ3) is 24.4. The second-order valence-electron chi connectivity index (χ2n) is 33.2. The summed E-state index contributed by atoms with van der Waals surface area (Å²) in [6.45, 7) is 0.0103. The van der Waals surface area contributed by atoms with Crippen LogP contribution in [0.4, 0.5) is 14.6 Å².